The average molecular weight is 340 g/mol. The van der Waals surface area contributed by atoms with Gasteiger partial charge < -0.3 is 15.0 Å². The fraction of sp³-hybridized carbons (Fsp3) is 0.375. The number of halogens is 3. The molecule has 0 aliphatic carbocycles. The van der Waals surface area contributed by atoms with Gasteiger partial charge in [0.25, 0.3) is 0 Å². The monoisotopic (exact) mass is 340 g/mol. The molecule has 2 heterocycles. The molecular weight excluding hydrogens is 325 g/mol. The molecular formula is C16H15F3N2O3. The second-order valence-corrected chi connectivity index (χ2v) is 6.09. The molecule has 0 spiro atoms. The number of hydrogen-bond donors (Lipinski definition) is 2. The van der Waals surface area contributed by atoms with E-state index in [9.17, 15) is 27.9 Å². The van der Waals surface area contributed by atoms with Crippen LogP contribution in [0.4, 0.5) is 13.2 Å². The Morgan fingerprint density at radius 3 is 2.67 bits per heavy atom. The van der Waals surface area contributed by atoms with Crippen molar-refractivity contribution in [3.63, 3.8) is 0 Å². The first-order valence-electron chi connectivity index (χ1n) is 7.39. The Morgan fingerprint density at radius 1 is 1.33 bits per heavy atom. The summed E-state index contributed by atoms with van der Waals surface area (Å²) in [6.07, 6.45) is -4.13. The van der Waals surface area contributed by atoms with Crippen LogP contribution in [-0.2, 0) is 10.3 Å². The molecule has 24 heavy (non-hydrogen) atoms. The normalized spacial score (nSPS) is 21.4. The highest BCUT2D eigenvalue weighted by Gasteiger charge is 2.51. The Morgan fingerprint density at radius 2 is 2.04 bits per heavy atom. The Labute approximate surface area is 135 Å². The third kappa shape index (κ3) is 2.42. The van der Waals surface area contributed by atoms with Crippen molar-refractivity contribution in [2.75, 3.05) is 6.54 Å². The Bertz CT molecular complexity index is 828. The molecule has 128 valence electrons. The van der Waals surface area contributed by atoms with E-state index in [1.807, 2.05) is 0 Å². The van der Waals surface area contributed by atoms with Gasteiger partial charge in [-0.05, 0) is 38.0 Å². The summed E-state index contributed by atoms with van der Waals surface area (Å²) in [5.41, 5.74) is -0.175. The zero-order valence-electron chi connectivity index (χ0n) is 12.8. The maximum absolute atomic E-state index is 12.9. The van der Waals surface area contributed by atoms with Crippen molar-refractivity contribution in [3.8, 4) is 0 Å². The first-order valence-corrected chi connectivity index (χ1v) is 7.39. The van der Waals surface area contributed by atoms with Gasteiger partial charge in [0.2, 0.25) is 0 Å². The lowest BCUT2D eigenvalue weighted by Gasteiger charge is -2.35. The molecule has 1 fully saturated rings. The first kappa shape index (κ1) is 16.4. The van der Waals surface area contributed by atoms with Crippen molar-refractivity contribution in [1.29, 1.82) is 0 Å². The fourth-order valence-corrected chi connectivity index (χ4v) is 3.35. The Hall–Kier alpha value is -2.51. The van der Waals surface area contributed by atoms with E-state index in [2.05, 4.69) is 4.98 Å². The SMILES string of the molecule is CC1(c2cc3c(C(=O)O)cccc3[nH]2)CCCN1C(=O)C(F)(F)F. The number of nitrogens with zero attached hydrogens (tertiary/aromatic N) is 1. The molecule has 0 bridgehead atoms. The summed E-state index contributed by atoms with van der Waals surface area (Å²) in [5, 5.41) is 9.65. The fourth-order valence-electron chi connectivity index (χ4n) is 3.35. The van der Waals surface area contributed by atoms with Gasteiger partial charge in [-0.1, -0.05) is 6.07 Å². The predicted molar refractivity (Wildman–Crippen MR) is 79.6 cm³/mol. The van der Waals surface area contributed by atoms with Crippen LogP contribution in [0.2, 0.25) is 0 Å². The summed E-state index contributed by atoms with van der Waals surface area (Å²) >= 11 is 0. The highest BCUT2D eigenvalue weighted by atomic mass is 19.4. The van der Waals surface area contributed by atoms with E-state index < -0.39 is 23.6 Å². The van der Waals surface area contributed by atoms with Crippen LogP contribution >= 0.6 is 0 Å². The smallest absolute Gasteiger partial charge is 0.471 e. The van der Waals surface area contributed by atoms with Gasteiger partial charge in [-0.15, -0.1) is 0 Å². The zero-order chi connectivity index (χ0) is 17.7. The predicted octanol–water partition coefficient (Wildman–Crippen LogP) is 3.27. The number of nitrogens with one attached hydrogen (secondary N) is 1. The maximum atomic E-state index is 12.9. The van der Waals surface area contributed by atoms with Gasteiger partial charge in [-0.25, -0.2) is 4.79 Å². The van der Waals surface area contributed by atoms with E-state index in [0.717, 1.165) is 4.90 Å². The number of alkyl halides is 3. The number of hydrogen-bond acceptors (Lipinski definition) is 2. The van der Waals surface area contributed by atoms with Crippen molar-refractivity contribution in [3.05, 3.63) is 35.5 Å². The first-order chi connectivity index (χ1) is 11.1. The van der Waals surface area contributed by atoms with E-state index in [0.29, 0.717) is 29.4 Å². The van der Waals surface area contributed by atoms with E-state index in [4.69, 9.17) is 0 Å². The highest BCUT2D eigenvalue weighted by Crippen LogP contribution is 2.41. The summed E-state index contributed by atoms with van der Waals surface area (Å²) in [6.45, 7) is 1.57. The number of carbonyl (C=O) groups excluding carboxylic acids is 1. The van der Waals surface area contributed by atoms with Crippen molar-refractivity contribution in [2.24, 2.45) is 0 Å². The summed E-state index contributed by atoms with van der Waals surface area (Å²) in [7, 11) is 0. The van der Waals surface area contributed by atoms with Gasteiger partial charge in [0.05, 0.1) is 11.1 Å². The maximum Gasteiger partial charge on any atom is 0.471 e. The summed E-state index contributed by atoms with van der Waals surface area (Å²) in [6, 6.07) is 6.17. The highest BCUT2D eigenvalue weighted by molar-refractivity contribution is 6.03. The van der Waals surface area contributed by atoms with Gasteiger partial charge in [-0.3, -0.25) is 4.79 Å². The van der Waals surface area contributed by atoms with E-state index in [-0.39, 0.29) is 12.1 Å². The number of carboxylic acid groups (broad SMARTS) is 1. The van der Waals surface area contributed by atoms with Crippen LogP contribution in [0.5, 0.6) is 0 Å². The minimum Gasteiger partial charge on any atom is -0.478 e. The second kappa shape index (κ2) is 5.25. The molecule has 1 aromatic carbocycles. The minimum atomic E-state index is -4.94. The molecule has 2 N–H and O–H groups in total. The molecule has 1 aromatic heterocycles. The third-order valence-corrected chi connectivity index (χ3v) is 4.60. The van der Waals surface area contributed by atoms with Crippen molar-refractivity contribution in [1.82, 2.24) is 9.88 Å². The van der Waals surface area contributed by atoms with Crippen LogP contribution in [0.25, 0.3) is 10.9 Å². The summed E-state index contributed by atoms with van der Waals surface area (Å²) < 4.78 is 38.6. The average Bonchev–Trinajstić information content (AvgIpc) is 3.09. The number of aromatic carboxylic acids is 1. The van der Waals surface area contributed by atoms with E-state index in [1.54, 1.807) is 19.1 Å². The molecule has 0 radical (unpaired) electrons. The number of aromatic nitrogens is 1. The van der Waals surface area contributed by atoms with Crippen LogP contribution in [0.15, 0.2) is 24.3 Å². The number of H-pyrrole nitrogens is 1. The second-order valence-electron chi connectivity index (χ2n) is 6.09. The van der Waals surface area contributed by atoms with Crippen molar-refractivity contribution in [2.45, 2.75) is 31.5 Å². The minimum absolute atomic E-state index is 0.00992. The van der Waals surface area contributed by atoms with Crippen LogP contribution in [0.3, 0.4) is 0 Å². The number of carbonyl (C=O) groups is 2. The van der Waals surface area contributed by atoms with Gasteiger partial charge in [0.15, 0.2) is 0 Å². The topological polar surface area (TPSA) is 73.4 Å². The molecule has 0 saturated carbocycles. The molecule has 1 saturated heterocycles. The van der Waals surface area contributed by atoms with Crippen molar-refractivity contribution < 1.29 is 27.9 Å². The van der Waals surface area contributed by atoms with Crippen LogP contribution in [-0.4, -0.2) is 39.6 Å². The van der Waals surface area contributed by atoms with E-state index >= 15 is 0 Å². The molecule has 1 atom stereocenters. The quantitative estimate of drug-likeness (QED) is 0.881. The third-order valence-electron chi connectivity index (χ3n) is 4.60. The molecule has 1 amide bonds. The zero-order valence-corrected chi connectivity index (χ0v) is 12.8. The lowest BCUT2D eigenvalue weighted by Crippen LogP contribution is -2.48. The lowest BCUT2D eigenvalue weighted by atomic mass is 9.94. The number of fused-ring (bicyclic) bond motifs is 1. The molecule has 8 heteroatoms. The molecule has 1 aliphatic heterocycles. The van der Waals surface area contributed by atoms with Gasteiger partial charge in [-0.2, -0.15) is 13.2 Å². The van der Waals surface area contributed by atoms with Gasteiger partial charge >= 0.3 is 18.1 Å². The Balaban J connectivity index is 2.10. The molecule has 5 nitrogen and oxygen atoms in total. The molecule has 1 aliphatic rings. The van der Waals surface area contributed by atoms with Crippen molar-refractivity contribution >= 4 is 22.8 Å². The molecule has 1 unspecified atom stereocenters. The number of amides is 1. The van der Waals surface area contributed by atoms with Crippen LogP contribution in [0.1, 0.15) is 35.8 Å². The summed E-state index contributed by atoms with van der Waals surface area (Å²) in [4.78, 5) is 26.8. The Kier molecular flexibility index (Phi) is 3.58. The van der Waals surface area contributed by atoms with Crippen LogP contribution < -0.4 is 0 Å². The number of benzene rings is 1. The van der Waals surface area contributed by atoms with Gasteiger partial charge in [0.1, 0.15) is 0 Å². The van der Waals surface area contributed by atoms with E-state index in [1.165, 1.54) is 12.1 Å². The molecule has 2 aromatic rings. The number of rotatable bonds is 2. The lowest BCUT2D eigenvalue weighted by molar-refractivity contribution is -0.189. The largest absolute Gasteiger partial charge is 0.478 e. The standard InChI is InChI=1S/C16H15F3N2O3/c1-15(6-3-7-21(15)14(24)16(17,18)19)12-8-10-9(13(22)23)4-2-5-11(10)20-12/h2,4-5,8,20H,3,6-7H2,1H3,(H,22,23). The number of aromatic amines is 1. The molecule has 3 rings (SSSR count). The number of likely N-dealkylation sites (tertiary alicyclic amines) is 1. The van der Waals surface area contributed by atoms with Crippen LogP contribution in [0, 0.1) is 0 Å². The van der Waals surface area contributed by atoms with Gasteiger partial charge in [0, 0.05) is 23.1 Å². The number of carboxylic acids is 1. The summed E-state index contributed by atoms with van der Waals surface area (Å²) in [5.74, 6) is -2.99.